The SMILES string of the molecule is NC1(c2cncc(F)c2)C[C@H]2CC[C@@H](C1)N2CC(F)F. The molecule has 2 fully saturated rings. The molecule has 2 N–H and O–H groups in total. The van der Waals surface area contributed by atoms with Gasteiger partial charge in [-0.25, -0.2) is 13.2 Å². The Morgan fingerprint density at radius 3 is 2.50 bits per heavy atom. The van der Waals surface area contributed by atoms with E-state index in [1.165, 1.54) is 6.07 Å². The zero-order valence-corrected chi connectivity index (χ0v) is 11.1. The maximum atomic E-state index is 13.3. The Bertz CT molecular complexity index is 480. The van der Waals surface area contributed by atoms with Gasteiger partial charge in [-0.15, -0.1) is 0 Å². The van der Waals surface area contributed by atoms with Crippen LogP contribution in [0.2, 0.25) is 0 Å². The summed E-state index contributed by atoms with van der Waals surface area (Å²) in [6.45, 7) is -0.188. The van der Waals surface area contributed by atoms with Crippen molar-refractivity contribution in [1.29, 1.82) is 0 Å². The second-order valence-electron chi connectivity index (χ2n) is 5.93. The molecule has 0 amide bonds. The molecule has 2 aliphatic heterocycles. The highest BCUT2D eigenvalue weighted by Crippen LogP contribution is 2.44. The van der Waals surface area contributed by atoms with Crippen LogP contribution in [0.25, 0.3) is 0 Å². The molecule has 0 aromatic carbocycles. The molecule has 3 rings (SSSR count). The van der Waals surface area contributed by atoms with Crippen molar-refractivity contribution in [1.82, 2.24) is 9.88 Å². The lowest BCUT2D eigenvalue weighted by atomic mass is 9.79. The van der Waals surface area contributed by atoms with Gasteiger partial charge in [-0.05, 0) is 37.3 Å². The van der Waals surface area contributed by atoms with E-state index in [9.17, 15) is 13.2 Å². The van der Waals surface area contributed by atoms with Gasteiger partial charge in [0.15, 0.2) is 0 Å². The number of nitrogens with two attached hydrogens (primary N) is 1. The second-order valence-corrected chi connectivity index (χ2v) is 5.93. The molecule has 0 saturated carbocycles. The van der Waals surface area contributed by atoms with Crippen molar-refractivity contribution in [2.45, 2.75) is 49.7 Å². The van der Waals surface area contributed by atoms with Crippen molar-refractivity contribution in [3.8, 4) is 0 Å². The third-order valence-corrected chi connectivity index (χ3v) is 4.60. The Balaban J connectivity index is 1.82. The molecule has 20 heavy (non-hydrogen) atoms. The van der Waals surface area contributed by atoms with Crippen LogP contribution in [0.1, 0.15) is 31.2 Å². The number of hydrogen-bond acceptors (Lipinski definition) is 3. The Morgan fingerprint density at radius 2 is 1.95 bits per heavy atom. The first-order valence-electron chi connectivity index (χ1n) is 6.92. The van der Waals surface area contributed by atoms with Crippen molar-refractivity contribution < 1.29 is 13.2 Å². The number of rotatable bonds is 3. The number of nitrogens with zero attached hydrogens (tertiary/aromatic N) is 2. The van der Waals surface area contributed by atoms with Crippen LogP contribution < -0.4 is 5.73 Å². The van der Waals surface area contributed by atoms with E-state index in [1.54, 1.807) is 6.20 Å². The molecule has 2 bridgehead atoms. The summed E-state index contributed by atoms with van der Waals surface area (Å²) in [4.78, 5) is 5.73. The quantitative estimate of drug-likeness (QED) is 0.926. The van der Waals surface area contributed by atoms with E-state index >= 15 is 0 Å². The first kappa shape index (κ1) is 13.8. The first-order chi connectivity index (χ1) is 9.48. The molecule has 1 unspecified atom stereocenters. The summed E-state index contributed by atoms with van der Waals surface area (Å²) < 4.78 is 38.6. The number of alkyl halides is 2. The minimum Gasteiger partial charge on any atom is -0.321 e. The van der Waals surface area contributed by atoms with Crippen LogP contribution >= 0.6 is 0 Å². The standard InChI is InChI=1S/C14H18F3N3/c15-10-3-9(6-19-7-10)14(18)4-11-1-2-12(5-14)20(11)8-13(16)17/h3,6-7,11-13H,1-2,4-5,8,18H2/t11-,12+,14?. The van der Waals surface area contributed by atoms with Crippen LogP contribution in [0.4, 0.5) is 13.2 Å². The van der Waals surface area contributed by atoms with Gasteiger partial charge >= 0.3 is 0 Å². The highest BCUT2D eigenvalue weighted by atomic mass is 19.3. The fourth-order valence-corrected chi connectivity index (χ4v) is 3.75. The van der Waals surface area contributed by atoms with Crippen molar-refractivity contribution in [3.05, 3.63) is 29.8 Å². The fourth-order valence-electron chi connectivity index (χ4n) is 3.75. The number of halogens is 3. The highest BCUT2D eigenvalue weighted by Gasteiger charge is 2.47. The molecular weight excluding hydrogens is 267 g/mol. The fraction of sp³-hybridized carbons (Fsp3) is 0.643. The Morgan fingerprint density at radius 1 is 1.30 bits per heavy atom. The lowest BCUT2D eigenvalue weighted by Gasteiger charge is -2.44. The summed E-state index contributed by atoms with van der Waals surface area (Å²) in [5, 5.41) is 0. The van der Waals surface area contributed by atoms with E-state index in [0.717, 1.165) is 19.0 Å². The van der Waals surface area contributed by atoms with Gasteiger partial charge in [0.1, 0.15) is 5.82 Å². The zero-order valence-electron chi connectivity index (χ0n) is 11.1. The van der Waals surface area contributed by atoms with Crippen LogP contribution in [0, 0.1) is 5.82 Å². The molecule has 110 valence electrons. The molecule has 0 spiro atoms. The number of fused-ring (bicyclic) bond motifs is 2. The molecule has 2 aliphatic rings. The van der Waals surface area contributed by atoms with Gasteiger partial charge in [0.05, 0.1) is 12.7 Å². The predicted molar refractivity (Wildman–Crippen MR) is 68.8 cm³/mol. The lowest BCUT2D eigenvalue weighted by molar-refractivity contribution is 0.0222. The first-order valence-corrected chi connectivity index (χ1v) is 6.92. The Kier molecular flexibility index (Phi) is 3.46. The molecule has 6 heteroatoms. The van der Waals surface area contributed by atoms with Crippen molar-refractivity contribution in [2.75, 3.05) is 6.54 Å². The maximum Gasteiger partial charge on any atom is 0.251 e. The summed E-state index contributed by atoms with van der Waals surface area (Å²) in [7, 11) is 0. The summed E-state index contributed by atoms with van der Waals surface area (Å²) >= 11 is 0. The number of piperidine rings is 1. The monoisotopic (exact) mass is 285 g/mol. The third-order valence-electron chi connectivity index (χ3n) is 4.60. The molecule has 0 aliphatic carbocycles. The van der Waals surface area contributed by atoms with E-state index in [2.05, 4.69) is 4.98 Å². The predicted octanol–water partition coefficient (Wildman–Crippen LogP) is 2.27. The van der Waals surface area contributed by atoms with Crippen LogP contribution in [0.5, 0.6) is 0 Å². The van der Waals surface area contributed by atoms with Gasteiger partial charge in [0, 0.05) is 23.8 Å². The zero-order chi connectivity index (χ0) is 14.3. The number of aromatic nitrogens is 1. The van der Waals surface area contributed by atoms with Crippen LogP contribution in [0.15, 0.2) is 18.5 Å². The van der Waals surface area contributed by atoms with Crippen molar-refractivity contribution >= 4 is 0 Å². The second kappa shape index (κ2) is 5.00. The van der Waals surface area contributed by atoms with E-state index in [0.29, 0.717) is 18.4 Å². The van der Waals surface area contributed by atoms with Crippen LogP contribution in [0.3, 0.4) is 0 Å². The molecule has 1 aromatic heterocycles. The van der Waals surface area contributed by atoms with E-state index < -0.39 is 17.8 Å². The molecule has 3 atom stereocenters. The lowest BCUT2D eigenvalue weighted by Crippen LogP contribution is -2.54. The Hall–Kier alpha value is -1.14. The minimum absolute atomic E-state index is 0.0658. The largest absolute Gasteiger partial charge is 0.321 e. The Labute approximate surface area is 116 Å². The summed E-state index contributed by atoms with van der Waals surface area (Å²) in [6.07, 6.45) is 3.36. The van der Waals surface area contributed by atoms with Gasteiger partial charge in [0.25, 0.3) is 6.43 Å². The van der Waals surface area contributed by atoms with E-state index in [4.69, 9.17) is 5.73 Å². The molecule has 2 saturated heterocycles. The van der Waals surface area contributed by atoms with Crippen LogP contribution in [-0.4, -0.2) is 34.9 Å². The van der Waals surface area contributed by atoms with Crippen molar-refractivity contribution in [2.24, 2.45) is 5.73 Å². The van der Waals surface area contributed by atoms with Gasteiger partial charge < -0.3 is 5.73 Å². The summed E-state index contributed by atoms with van der Waals surface area (Å²) in [5.41, 5.74) is 6.46. The number of pyridine rings is 1. The molecule has 3 heterocycles. The summed E-state index contributed by atoms with van der Waals surface area (Å²) in [6, 6.07) is 1.54. The molecular formula is C14H18F3N3. The molecule has 3 nitrogen and oxygen atoms in total. The molecule has 1 aromatic rings. The van der Waals surface area contributed by atoms with E-state index in [1.807, 2.05) is 4.90 Å². The average molecular weight is 285 g/mol. The van der Waals surface area contributed by atoms with Gasteiger partial charge in [-0.3, -0.25) is 9.88 Å². The van der Waals surface area contributed by atoms with Gasteiger partial charge in [-0.2, -0.15) is 0 Å². The molecule has 0 radical (unpaired) electrons. The smallest absolute Gasteiger partial charge is 0.251 e. The summed E-state index contributed by atoms with van der Waals surface area (Å²) in [5.74, 6) is -0.408. The highest BCUT2D eigenvalue weighted by molar-refractivity contribution is 5.24. The normalized spacial score (nSPS) is 33.9. The topological polar surface area (TPSA) is 42.1 Å². The van der Waals surface area contributed by atoms with Gasteiger partial charge in [0.2, 0.25) is 0 Å². The average Bonchev–Trinajstić information content (AvgIpc) is 2.62. The van der Waals surface area contributed by atoms with Crippen LogP contribution in [-0.2, 0) is 5.54 Å². The van der Waals surface area contributed by atoms with E-state index in [-0.39, 0.29) is 18.6 Å². The minimum atomic E-state index is -2.32. The number of hydrogen-bond donors (Lipinski definition) is 1. The van der Waals surface area contributed by atoms with Gasteiger partial charge in [-0.1, -0.05) is 0 Å². The third kappa shape index (κ3) is 2.42. The van der Waals surface area contributed by atoms with Crippen molar-refractivity contribution in [3.63, 3.8) is 0 Å². The maximum absolute atomic E-state index is 13.3.